The molecule has 1 aromatic heterocycles. The van der Waals surface area contributed by atoms with Gasteiger partial charge in [-0.1, -0.05) is 18.2 Å². The molecule has 1 saturated heterocycles. The minimum atomic E-state index is -1.53. The van der Waals surface area contributed by atoms with Gasteiger partial charge in [0.15, 0.2) is 0 Å². The smallest absolute Gasteiger partial charge is 0.135 e. The molecule has 0 spiro atoms. The minimum absolute atomic E-state index is 0.0562. The predicted molar refractivity (Wildman–Crippen MR) is 133 cm³/mol. The molecule has 3 aromatic rings. The molecule has 1 fully saturated rings. The number of hydrogen-bond acceptors (Lipinski definition) is 3. The Balaban J connectivity index is 1.52. The first-order valence-corrected chi connectivity index (χ1v) is 12.6. The lowest BCUT2D eigenvalue weighted by atomic mass is 9.87. The summed E-state index contributed by atoms with van der Waals surface area (Å²) in [5.74, 6) is -1.17. The van der Waals surface area contributed by atoms with Gasteiger partial charge < -0.3 is 9.72 Å². The highest BCUT2D eigenvalue weighted by atomic mass is 19.1. The summed E-state index contributed by atoms with van der Waals surface area (Å²) in [6, 6.07) is 9.54. The van der Waals surface area contributed by atoms with Gasteiger partial charge in [-0.25, -0.2) is 13.2 Å². The molecule has 2 atom stereocenters. The molecule has 1 N–H and O–H groups in total. The van der Waals surface area contributed by atoms with Gasteiger partial charge in [0.05, 0.1) is 6.04 Å². The molecule has 2 aliphatic rings. The Morgan fingerprint density at radius 1 is 1.09 bits per heavy atom. The number of halogens is 3. The van der Waals surface area contributed by atoms with Crippen LogP contribution in [0.2, 0.25) is 0 Å². The van der Waals surface area contributed by atoms with Gasteiger partial charge in [-0.05, 0) is 64.8 Å². The van der Waals surface area contributed by atoms with Crippen molar-refractivity contribution in [1.29, 1.82) is 0 Å². The summed E-state index contributed by atoms with van der Waals surface area (Å²) in [7, 11) is 0. The summed E-state index contributed by atoms with van der Waals surface area (Å²) >= 11 is 0. The number of nitrogens with zero attached hydrogens (tertiary/aromatic N) is 2. The molecular weight excluding hydrogens is 451 g/mol. The third kappa shape index (κ3) is 4.94. The average Bonchev–Trinajstić information content (AvgIpc) is 3.42. The van der Waals surface area contributed by atoms with Gasteiger partial charge in [0.2, 0.25) is 0 Å². The van der Waals surface area contributed by atoms with Gasteiger partial charge in [0.25, 0.3) is 0 Å². The largest absolute Gasteiger partial charge is 0.492 e. The van der Waals surface area contributed by atoms with Crippen LogP contribution in [0.3, 0.4) is 0 Å². The maximum atomic E-state index is 15.6. The summed E-state index contributed by atoms with van der Waals surface area (Å²) in [6.07, 6.45) is 3.03. The highest BCUT2D eigenvalue weighted by Gasteiger charge is 2.41. The fourth-order valence-corrected chi connectivity index (χ4v) is 5.70. The molecule has 4 nitrogen and oxygen atoms in total. The number of para-hydroxylation sites is 1. The molecule has 2 aromatic carbocycles. The van der Waals surface area contributed by atoms with Crippen molar-refractivity contribution in [2.45, 2.75) is 57.8 Å². The lowest BCUT2D eigenvalue weighted by Crippen LogP contribution is -2.48. The normalized spacial score (nSPS) is 21.5. The Kier molecular flexibility index (Phi) is 6.57. The van der Waals surface area contributed by atoms with E-state index in [1.54, 1.807) is 0 Å². The molecular formula is C28H34F3N3O. The zero-order valence-corrected chi connectivity index (χ0v) is 20.7. The van der Waals surface area contributed by atoms with Gasteiger partial charge in [-0.2, -0.15) is 0 Å². The first-order valence-electron chi connectivity index (χ1n) is 12.6. The van der Waals surface area contributed by atoms with Crippen molar-refractivity contribution >= 4 is 10.9 Å². The molecule has 0 amide bonds. The SMILES string of the molecule is C[C@@H]1Cc2c([nH]c3ccccc23)[C@@H](c2c(F)cc(OCCN3CCCC3)cc2F)N1CC(C)(C)F. The molecule has 0 saturated carbocycles. The molecule has 35 heavy (non-hydrogen) atoms. The Hall–Kier alpha value is -2.51. The zero-order chi connectivity index (χ0) is 24.7. The maximum absolute atomic E-state index is 15.6. The van der Waals surface area contributed by atoms with E-state index in [2.05, 4.69) is 9.88 Å². The van der Waals surface area contributed by atoms with Gasteiger partial charge >= 0.3 is 0 Å². The monoisotopic (exact) mass is 485 g/mol. The molecule has 5 rings (SSSR count). The Morgan fingerprint density at radius 3 is 2.46 bits per heavy atom. The van der Waals surface area contributed by atoms with E-state index < -0.39 is 23.3 Å². The molecule has 7 heteroatoms. The second-order valence-electron chi connectivity index (χ2n) is 10.6. The zero-order valence-electron chi connectivity index (χ0n) is 20.7. The van der Waals surface area contributed by atoms with E-state index >= 15 is 8.78 Å². The summed E-state index contributed by atoms with van der Waals surface area (Å²) in [6.45, 7) is 8.26. The molecule has 3 heterocycles. The summed E-state index contributed by atoms with van der Waals surface area (Å²) in [5.41, 5.74) is 1.09. The highest BCUT2D eigenvalue weighted by molar-refractivity contribution is 5.85. The second-order valence-corrected chi connectivity index (χ2v) is 10.6. The Bertz CT molecular complexity index is 1170. The molecule has 0 radical (unpaired) electrons. The maximum Gasteiger partial charge on any atom is 0.135 e. The van der Waals surface area contributed by atoms with Gasteiger partial charge in [0.1, 0.15) is 29.7 Å². The third-order valence-electron chi connectivity index (χ3n) is 7.28. The number of fused-ring (bicyclic) bond motifs is 3. The molecule has 0 aliphatic carbocycles. The van der Waals surface area contributed by atoms with Crippen molar-refractivity contribution in [3.8, 4) is 5.75 Å². The number of ether oxygens (including phenoxy) is 1. The van der Waals surface area contributed by atoms with Crippen LogP contribution in [0.4, 0.5) is 13.2 Å². The van der Waals surface area contributed by atoms with Crippen molar-refractivity contribution in [1.82, 2.24) is 14.8 Å². The van der Waals surface area contributed by atoms with Crippen molar-refractivity contribution in [2.75, 3.05) is 32.8 Å². The number of H-pyrrole nitrogens is 1. The number of rotatable bonds is 7. The van der Waals surface area contributed by atoms with Crippen LogP contribution in [0.15, 0.2) is 36.4 Å². The fourth-order valence-electron chi connectivity index (χ4n) is 5.70. The van der Waals surface area contributed by atoms with Crippen LogP contribution in [0.5, 0.6) is 5.75 Å². The summed E-state index contributed by atoms with van der Waals surface area (Å²) in [5, 5.41) is 1.04. The number of aromatic amines is 1. The van der Waals surface area contributed by atoms with Gasteiger partial charge in [-0.3, -0.25) is 9.80 Å². The van der Waals surface area contributed by atoms with Gasteiger partial charge in [0, 0.05) is 53.4 Å². The predicted octanol–water partition coefficient (Wildman–Crippen LogP) is 6.00. The number of benzene rings is 2. The molecule has 0 unspecified atom stereocenters. The fraction of sp³-hybridized carbons (Fsp3) is 0.500. The quantitative estimate of drug-likeness (QED) is 0.445. The Labute approximate surface area is 205 Å². The number of hydrogen-bond donors (Lipinski definition) is 1. The summed E-state index contributed by atoms with van der Waals surface area (Å²) < 4.78 is 51.9. The van der Waals surface area contributed by atoms with Crippen LogP contribution in [-0.2, 0) is 6.42 Å². The lowest BCUT2D eigenvalue weighted by Gasteiger charge is -2.43. The first kappa shape index (κ1) is 24.2. The van der Waals surface area contributed by atoms with Crippen molar-refractivity contribution in [2.24, 2.45) is 0 Å². The first-order chi connectivity index (χ1) is 16.7. The van der Waals surface area contributed by atoms with E-state index in [1.807, 2.05) is 36.1 Å². The highest BCUT2D eigenvalue weighted by Crippen LogP contribution is 2.43. The third-order valence-corrected chi connectivity index (χ3v) is 7.28. The van der Waals surface area contributed by atoms with E-state index in [1.165, 1.54) is 38.8 Å². The number of nitrogens with one attached hydrogen (secondary N) is 1. The van der Waals surface area contributed by atoms with E-state index in [9.17, 15) is 4.39 Å². The van der Waals surface area contributed by atoms with Crippen LogP contribution in [0.1, 0.15) is 56.5 Å². The van der Waals surface area contributed by atoms with E-state index in [4.69, 9.17) is 4.74 Å². The van der Waals surface area contributed by atoms with Crippen LogP contribution in [0, 0.1) is 11.6 Å². The van der Waals surface area contributed by atoms with E-state index in [0.717, 1.165) is 41.8 Å². The molecule has 188 valence electrons. The van der Waals surface area contributed by atoms with Crippen LogP contribution in [-0.4, -0.2) is 59.3 Å². The van der Waals surface area contributed by atoms with Crippen LogP contribution < -0.4 is 4.74 Å². The summed E-state index contributed by atoms with van der Waals surface area (Å²) in [4.78, 5) is 7.57. The topological polar surface area (TPSA) is 31.5 Å². The lowest BCUT2D eigenvalue weighted by molar-refractivity contribution is 0.0642. The standard InChI is InChI=1S/C28H34F3N3O/c1-18-14-21-20-8-4-5-9-24(20)32-26(21)27(34(18)17-28(2,3)31)25-22(29)15-19(16-23(25)30)35-13-12-33-10-6-7-11-33/h4-5,8-9,15-16,18,27,32H,6-7,10-14,17H2,1-3H3/t18-,27-/m1/s1. The van der Waals surface area contributed by atoms with Crippen molar-refractivity contribution < 1.29 is 17.9 Å². The average molecular weight is 486 g/mol. The number of likely N-dealkylation sites (tertiary alicyclic amines) is 1. The van der Waals surface area contributed by atoms with E-state index in [-0.39, 0.29) is 23.9 Å². The Morgan fingerprint density at radius 2 is 1.77 bits per heavy atom. The molecule has 2 aliphatic heterocycles. The number of aromatic nitrogens is 1. The van der Waals surface area contributed by atoms with E-state index in [0.29, 0.717) is 13.0 Å². The van der Waals surface area contributed by atoms with Crippen LogP contribution >= 0.6 is 0 Å². The minimum Gasteiger partial charge on any atom is -0.492 e. The number of alkyl halides is 1. The van der Waals surface area contributed by atoms with Crippen molar-refractivity contribution in [3.63, 3.8) is 0 Å². The second kappa shape index (κ2) is 9.51. The van der Waals surface area contributed by atoms with Crippen molar-refractivity contribution in [3.05, 3.63) is 64.9 Å². The van der Waals surface area contributed by atoms with Gasteiger partial charge in [-0.15, -0.1) is 0 Å². The molecule has 0 bridgehead atoms. The van der Waals surface area contributed by atoms with Crippen LogP contribution in [0.25, 0.3) is 10.9 Å².